The van der Waals surface area contributed by atoms with Gasteiger partial charge >= 0.3 is 0 Å². The molecule has 8 nitrogen and oxygen atoms in total. The number of nitrogens with zero attached hydrogens (tertiary/aromatic N) is 3. The molecule has 2 saturated heterocycles. The molecule has 1 amide bonds. The first-order valence-corrected chi connectivity index (χ1v) is 12.6. The average Bonchev–Trinajstić information content (AvgIpc) is 3.31. The Morgan fingerprint density at radius 2 is 1.62 bits per heavy atom. The van der Waals surface area contributed by atoms with E-state index in [0.29, 0.717) is 22.6 Å². The molecule has 0 unspecified atom stereocenters. The first-order chi connectivity index (χ1) is 15.3. The summed E-state index contributed by atoms with van der Waals surface area (Å²) in [6.07, 6.45) is 3.48. The highest BCUT2D eigenvalue weighted by Crippen LogP contribution is 2.27. The highest BCUT2D eigenvalue weighted by Gasteiger charge is 2.27. The van der Waals surface area contributed by atoms with Crippen LogP contribution in [0.4, 0.5) is 11.5 Å². The standard InChI is InChI=1S/C23H31N5O3S/c1-16-12-18(3)21(13-17(16)2)32(30,31)26-19-14-20(23(29)28-8-4-5-9-28)22(25-15-19)27-10-6-24-7-11-27/h12-15,24,26H,4-11H2,1-3H3. The van der Waals surface area contributed by atoms with Gasteiger partial charge in [0.1, 0.15) is 5.82 Å². The van der Waals surface area contributed by atoms with E-state index in [2.05, 4.69) is 19.9 Å². The minimum absolute atomic E-state index is 0.0908. The predicted octanol–water partition coefficient (Wildman–Crippen LogP) is 2.45. The molecular formula is C23H31N5O3S. The second-order valence-corrected chi connectivity index (χ2v) is 10.3. The van der Waals surface area contributed by atoms with E-state index < -0.39 is 10.0 Å². The van der Waals surface area contributed by atoms with Crippen LogP contribution in [-0.2, 0) is 10.0 Å². The van der Waals surface area contributed by atoms with Gasteiger partial charge in [0.05, 0.1) is 22.3 Å². The van der Waals surface area contributed by atoms with Crippen LogP contribution in [0.5, 0.6) is 0 Å². The lowest BCUT2D eigenvalue weighted by molar-refractivity contribution is 0.0793. The van der Waals surface area contributed by atoms with Crippen molar-refractivity contribution in [3.63, 3.8) is 0 Å². The van der Waals surface area contributed by atoms with Crippen molar-refractivity contribution in [2.75, 3.05) is 48.9 Å². The maximum atomic E-state index is 13.3. The van der Waals surface area contributed by atoms with Crippen molar-refractivity contribution in [1.82, 2.24) is 15.2 Å². The van der Waals surface area contributed by atoms with Crippen LogP contribution in [0.25, 0.3) is 0 Å². The molecule has 1 aromatic heterocycles. The van der Waals surface area contributed by atoms with Crippen molar-refractivity contribution < 1.29 is 13.2 Å². The van der Waals surface area contributed by atoms with Gasteiger partial charge in [0, 0.05) is 39.3 Å². The number of rotatable bonds is 5. The van der Waals surface area contributed by atoms with Crippen LogP contribution < -0.4 is 14.9 Å². The third-order valence-electron chi connectivity index (χ3n) is 6.24. The minimum Gasteiger partial charge on any atom is -0.353 e. The molecule has 2 N–H and O–H groups in total. The summed E-state index contributed by atoms with van der Waals surface area (Å²) in [6, 6.07) is 5.20. The lowest BCUT2D eigenvalue weighted by Crippen LogP contribution is -2.45. The zero-order chi connectivity index (χ0) is 22.9. The summed E-state index contributed by atoms with van der Waals surface area (Å²) in [4.78, 5) is 22.0. The Kier molecular flexibility index (Phi) is 6.39. The number of hydrogen-bond acceptors (Lipinski definition) is 6. The maximum absolute atomic E-state index is 13.3. The lowest BCUT2D eigenvalue weighted by atomic mass is 10.1. The smallest absolute Gasteiger partial charge is 0.262 e. The SMILES string of the molecule is Cc1cc(C)c(S(=O)(=O)Nc2cnc(N3CCNCC3)c(C(=O)N3CCCC3)c2)cc1C. The molecule has 0 radical (unpaired) electrons. The van der Waals surface area contributed by atoms with Gasteiger partial charge in [0.2, 0.25) is 0 Å². The number of aromatic nitrogens is 1. The van der Waals surface area contributed by atoms with E-state index in [9.17, 15) is 13.2 Å². The third-order valence-corrected chi connectivity index (χ3v) is 7.76. The molecule has 9 heteroatoms. The Morgan fingerprint density at radius 3 is 2.31 bits per heavy atom. The van der Waals surface area contributed by atoms with Gasteiger partial charge in [-0.25, -0.2) is 13.4 Å². The number of carbonyl (C=O) groups excluding carboxylic acids is 1. The lowest BCUT2D eigenvalue weighted by Gasteiger charge is -2.30. The molecule has 32 heavy (non-hydrogen) atoms. The van der Waals surface area contributed by atoms with Crippen LogP contribution in [0.2, 0.25) is 0 Å². The maximum Gasteiger partial charge on any atom is 0.262 e. The zero-order valence-electron chi connectivity index (χ0n) is 18.9. The summed E-state index contributed by atoms with van der Waals surface area (Å²) in [5, 5.41) is 3.31. The van der Waals surface area contributed by atoms with Crippen molar-refractivity contribution in [3.8, 4) is 0 Å². The number of sulfonamides is 1. The van der Waals surface area contributed by atoms with Crippen LogP contribution >= 0.6 is 0 Å². The van der Waals surface area contributed by atoms with Crippen LogP contribution in [0.3, 0.4) is 0 Å². The molecule has 4 rings (SSSR count). The van der Waals surface area contributed by atoms with E-state index >= 15 is 0 Å². The Labute approximate surface area is 190 Å². The predicted molar refractivity (Wildman–Crippen MR) is 126 cm³/mol. The topological polar surface area (TPSA) is 94.6 Å². The van der Waals surface area contributed by atoms with Crippen molar-refractivity contribution in [2.45, 2.75) is 38.5 Å². The molecule has 0 spiro atoms. The fraction of sp³-hybridized carbons (Fsp3) is 0.478. The highest BCUT2D eigenvalue weighted by molar-refractivity contribution is 7.92. The number of likely N-dealkylation sites (tertiary alicyclic amines) is 1. The molecule has 3 heterocycles. The van der Waals surface area contributed by atoms with Gasteiger partial charge in [-0.2, -0.15) is 0 Å². The van der Waals surface area contributed by atoms with E-state index in [1.54, 1.807) is 19.1 Å². The monoisotopic (exact) mass is 457 g/mol. The van der Waals surface area contributed by atoms with Gasteiger partial charge in [0.25, 0.3) is 15.9 Å². The Hall–Kier alpha value is -2.65. The number of piperazine rings is 1. The molecule has 0 bridgehead atoms. The molecular weight excluding hydrogens is 426 g/mol. The van der Waals surface area contributed by atoms with Gasteiger partial charge in [-0.1, -0.05) is 6.07 Å². The average molecular weight is 458 g/mol. The first kappa shape index (κ1) is 22.5. The van der Waals surface area contributed by atoms with Gasteiger partial charge in [0.15, 0.2) is 0 Å². The minimum atomic E-state index is -3.82. The Morgan fingerprint density at radius 1 is 0.969 bits per heavy atom. The molecule has 1 aromatic carbocycles. The van der Waals surface area contributed by atoms with E-state index in [1.165, 1.54) is 6.20 Å². The summed E-state index contributed by atoms with van der Waals surface area (Å²) in [5.41, 5.74) is 3.38. The van der Waals surface area contributed by atoms with Crippen LogP contribution in [0, 0.1) is 20.8 Å². The van der Waals surface area contributed by atoms with Crippen molar-refractivity contribution in [3.05, 3.63) is 46.6 Å². The number of aryl methyl sites for hydroxylation is 3. The number of pyridine rings is 1. The fourth-order valence-electron chi connectivity index (χ4n) is 4.32. The summed E-state index contributed by atoms with van der Waals surface area (Å²) in [5.74, 6) is 0.528. The second kappa shape index (κ2) is 9.07. The van der Waals surface area contributed by atoms with Crippen LogP contribution in [0.15, 0.2) is 29.3 Å². The Balaban J connectivity index is 1.69. The fourth-order valence-corrected chi connectivity index (χ4v) is 5.67. The molecule has 2 aromatic rings. The summed E-state index contributed by atoms with van der Waals surface area (Å²) < 4.78 is 29.0. The molecule has 172 valence electrons. The summed E-state index contributed by atoms with van der Waals surface area (Å²) in [7, 11) is -3.82. The molecule has 2 aliphatic rings. The second-order valence-electron chi connectivity index (χ2n) is 8.64. The van der Waals surface area contributed by atoms with Crippen molar-refractivity contribution in [1.29, 1.82) is 0 Å². The van der Waals surface area contributed by atoms with Crippen LogP contribution in [0.1, 0.15) is 39.9 Å². The number of nitrogens with one attached hydrogen (secondary N) is 2. The van der Waals surface area contributed by atoms with Crippen molar-refractivity contribution >= 4 is 27.4 Å². The highest BCUT2D eigenvalue weighted by atomic mass is 32.2. The van der Waals surface area contributed by atoms with Crippen LogP contribution in [-0.4, -0.2) is 63.5 Å². The van der Waals surface area contributed by atoms with E-state index in [4.69, 9.17) is 0 Å². The molecule has 0 atom stereocenters. The molecule has 2 fully saturated rings. The van der Waals surface area contributed by atoms with Gasteiger partial charge in [-0.05, 0) is 62.4 Å². The van der Waals surface area contributed by atoms with Gasteiger partial charge in [-0.3, -0.25) is 9.52 Å². The number of anilines is 2. The van der Waals surface area contributed by atoms with Gasteiger partial charge in [-0.15, -0.1) is 0 Å². The molecule has 2 aliphatic heterocycles. The largest absolute Gasteiger partial charge is 0.353 e. The summed E-state index contributed by atoms with van der Waals surface area (Å²) in [6.45, 7) is 10.2. The quantitative estimate of drug-likeness (QED) is 0.716. The zero-order valence-corrected chi connectivity index (χ0v) is 19.8. The Bertz CT molecular complexity index is 1120. The molecule has 0 aliphatic carbocycles. The van der Waals surface area contributed by atoms with Crippen molar-refractivity contribution in [2.24, 2.45) is 0 Å². The third kappa shape index (κ3) is 4.59. The number of benzene rings is 1. The number of amides is 1. The van der Waals surface area contributed by atoms with E-state index in [1.807, 2.05) is 24.8 Å². The first-order valence-electron chi connectivity index (χ1n) is 11.1. The normalized spacial score (nSPS) is 17.0. The van der Waals surface area contributed by atoms with E-state index in [0.717, 1.165) is 63.2 Å². The van der Waals surface area contributed by atoms with E-state index in [-0.39, 0.29) is 10.8 Å². The number of carbonyl (C=O) groups is 1. The molecule has 0 saturated carbocycles. The summed E-state index contributed by atoms with van der Waals surface area (Å²) >= 11 is 0. The number of hydrogen-bond donors (Lipinski definition) is 2. The van der Waals surface area contributed by atoms with Gasteiger partial charge < -0.3 is 15.1 Å².